The number of carbonyl (C=O) groups is 2. The molecule has 1 aliphatic rings. The molecule has 7 heteroatoms. The number of hydrogen-bond acceptors (Lipinski definition) is 4. The zero-order chi connectivity index (χ0) is 18.0. The van der Waals surface area contributed by atoms with Crippen LogP contribution in [0.4, 0.5) is 4.79 Å². The van der Waals surface area contributed by atoms with Crippen LogP contribution in [-0.4, -0.2) is 27.4 Å². The molecule has 0 saturated heterocycles. The van der Waals surface area contributed by atoms with Gasteiger partial charge in [-0.15, -0.1) is 0 Å². The first kappa shape index (κ1) is 17.0. The summed E-state index contributed by atoms with van der Waals surface area (Å²) >= 11 is 0. The second-order valence-corrected chi connectivity index (χ2v) is 7.06. The van der Waals surface area contributed by atoms with Gasteiger partial charge in [0.2, 0.25) is 0 Å². The Morgan fingerprint density at radius 3 is 2.44 bits per heavy atom. The van der Waals surface area contributed by atoms with E-state index in [2.05, 4.69) is 16.0 Å². The molecule has 1 heterocycles. The zero-order valence-electron chi connectivity index (χ0n) is 14.6. The van der Waals surface area contributed by atoms with Gasteiger partial charge < -0.3 is 4.74 Å². The standard InChI is InChI=1S/C18H22N4O3/c1-18(2,3)25-17(24)20-19-16(23)15-11-14(12-9-10-12)21-22(15)13-7-5-4-6-8-13/h4-8,11-12H,9-10H2,1-3H3,(H,19,23)(H,20,24). The number of nitrogens with zero attached hydrogens (tertiary/aromatic N) is 2. The Hall–Kier alpha value is -2.83. The lowest BCUT2D eigenvalue weighted by molar-refractivity contribution is 0.0482. The Labute approximate surface area is 146 Å². The van der Waals surface area contributed by atoms with Crippen molar-refractivity contribution >= 4 is 12.0 Å². The van der Waals surface area contributed by atoms with Crippen molar-refractivity contribution in [2.24, 2.45) is 0 Å². The summed E-state index contributed by atoms with van der Waals surface area (Å²) in [5, 5.41) is 4.56. The molecular formula is C18H22N4O3. The van der Waals surface area contributed by atoms with Gasteiger partial charge in [0.05, 0.1) is 11.4 Å². The Bertz CT molecular complexity index is 773. The minimum absolute atomic E-state index is 0.365. The van der Waals surface area contributed by atoms with E-state index in [1.807, 2.05) is 30.3 Å². The summed E-state index contributed by atoms with van der Waals surface area (Å²) in [7, 11) is 0. The average Bonchev–Trinajstić information content (AvgIpc) is 3.30. The van der Waals surface area contributed by atoms with E-state index in [-0.39, 0.29) is 0 Å². The quantitative estimate of drug-likeness (QED) is 0.840. The van der Waals surface area contributed by atoms with Crippen LogP contribution in [0.15, 0.2) is 36.4 Å². The molecule has 1 saturated carbocycles. The first-order valence-corrected chi connectivity index (χ1v) is 8.28. The molecule has 3 rings (SSSR count). The highest BCUT2D eigenvalue weighted by Crippen LogP contribution is 2.39. The molecule has 2 aromatic rings. The van der Waals surface area contributed by atoms with Gasteiger partial charge in [-0.3, -0.25) is 10.2 Å². The lowest BCUT2D eigenvalue weighted by Crippen LogP contribution is -2.44. The molecule has 1 aromatic heterocycles. The van der Waals surface area contributed by atoms with Crippen LogP contribution >= 0.6 is 0 Å². The highest BCUT2D eigenvalue weighted by Gasteiger charge is 2.29. The normalized spacial score (nSPS) is 14.0. The maximum Gasteiger partial charge on any atom is 0.426 e. The second kappa shape index (κ2) is 6.58. The monoisotopic (exact) mass is 342 g/mol. The summed E-state index contributed by atoms with van der Waals surface area (Å²) in [4.78, 5) is 24.2. The smallest absolute Gasteiger partial charge is 0.426 e. The number of aromatic nitrogens is 2. The average molecular weight is 342 g/mol. The topological polar surface area (TPSA) is 85.2 Å². The summed E-state index contributed by atoms with van der Waals surface area (Å²) in [6.45, 7) is 5.25. The van der Waals surface area contributed by atoms with Crippen LogP contribution < -0.4 is 10.9 Å². The van der Waals surface area contributed by atoms with Gasteiger partial charge in [0.15, 0.2) is 0 Å². The fourth-order valence-corrected chi connectivity index (χ4v) is 2.38. The first-order valence-electron chi connectivity index (χ1n) is 8.28. The predicted molar refractivity (Wildman–Crippen MR) is 92.4 cm³/mol. The van der Waals surface area contributed by atoms with Gasteiger partial charge in [0.1, 0.15) is 11.3 Å². The molecular weight excluding hydrogens is 320 g/mol. The second-order valence-electron chi connectivity index (χ2n) is 7.06. The minimum atomic E-state index is -0.714. The number of nitrogens with one attached hydrogen (secondary N) is 2. The number of benzene rings is 1. The van der Waals surface area contributed by atoms with E-state index in [1.54, 1.807) is 31.5 Å². The highest BCUT2D eigenvalue weighted by atomic mass is 16.6. The number of rotatable bonds is 3. The number of carbonyl (C=O) groups excluding carboxylic acids is 2. The van der Waals surface area contributed by atoms with Crippen molar-refractivity contribution in [1.29, 1.82) is 0 Å². The van der Waals surface area contributed by atoms with Crippen molar-refractivity contribution in [3.05, 3.63) is 47.8 Å². The SMILES string of the molecule is CC(C)(C)OC(=O)NNC(=O)c1cc(C2CC2)nn1-c1ccccc1. The largest absolute Gasteiger partial charge is 0.443 e. The lowest BCUT2D eigenvalue weighted by Gasteiger charge is -2.19. The van der Waals surface area contributed by atoms with Gasteiger partial charge in [0, 0.05) is 5.92 Å². The van der Waals surface area contributed by atoms with Crippen LogP contribution in [0.1, 0.15) is 55.7 Å². The highest BCUT2D eigenvalue weighted by molar-refractivity contribution is 5.94. The van der Waals surface area contributed by atoms with Crippen molar-refractivity contribution in [3.8, 4) is 5.69 Å². The molecule has 1 aliphatic carbocycles. The molecule has 1 fully saturated rings. The van der Waals surface area contributed by atoms with Crippen molar-refractivity contribution in [2.75, 3.05) is 0 Å². The third-order valence-corrected chi connectivity index (χ3v) is 3.63. The molecule has 0 spiro atoms. The molecule has 132 valence electrons. The van der Waals surface area contributed by atoms with E-state index in [0.717, 1.165) is 24.2 Å². The molecule has 1 aromatic carbocycles. The van der Waals surface area contributed by atoms with Crippen LogP contribution in [0.5, 0.6) is 0 Å². The Morgan fingerprint density at radius 1 is 1.16 bits per heavy atom. The van der Waals surface area contributed by atoms with Crippen LogP contribution in [0, 0.1) is 0 Å². The molecule has 2 N–H and O–H groups in total. The summed E-state index contributed by atoms with van der Waals surface area (Å²) in [5.41, 5.74) is 6.06. The van der Waals surface area contributed by atoms with Crippen molar-refractivity contribution in [1.82, 2.24) is 20.6 Å². The van der Waals surface area contributed by atoms with E-state index in [4.69, 9.17) is 4.74 Å². The van der Waals surface area contributed by atoms with E-state index >= 15 is 0 Å². The van der Waals surface area contributed by atoms with Gasteiger partial charge in [-0.2, -0.15) is 5.10 Å². The van der Waals surface area contributed by atoms with Crippen LogP contribution in [0.3, 0.4) is 0 Å². The molecule has 0 unspecified atom stereocenters. The number of amides is 2. The van der Waals surface area contributed by atoms with Crippen molar-refractivity contribution in [2.45, 2.75) is 45.1 Å². The summed E-state index contributed by atoms with van der Waals surface area (Å²) in [5.74, 6) is -0.0376. The van der Waals surface area contributed by atoms with Crippen molar-refractivity contribution in [3.63, 3.8) is 0 Å². The molecule has 0 radical (unpaired) electrons. The van der Waals surface area contributed by atoms with E-state index < -0.39 is 17.6 Å². The number of para-hydroxylation sites is 1. The van der Waals surface area contributed by atoms with E-state index in [9.17, 15) is 9.59 Å². The molecule has 2 amide bonds. The Kier molecular flexibility index (Phi) is 4.48. The molecule has 25 heavy (non-hydrogen) atoms. The molecule has 0 aliphatic heterocycles. The van der Waals surface area contributed by atoms with Crippen molar-refractivity contribution < 1.29 is 14.3 Å². The van der Waals surface area contributed by atoms with Gasteiger partial charge in [-0.25, -0.2) is 14.9 Å². The van der Waals surface area contributed by atoms with Gasteiger partial charge >= 0.3 is 6.09 Å². The van der Waals surface area contributed by atoms with E-state index in [1.165, 1.54) is 0 Å². The van der Waals surface area contributed by atoms with Gasteiger partial charge in [-0.1, -0.05) is 18.2 Å². The number of hydrogen-bond donors (Lipinski definition) is 2. The van der Waals surface area contributed by atoms with Gasteiger partial charge in [0.25, 0.3) is 5.91 Å². The van der Waals surface area contributed by atoms with E-state index in [0.29, 0.717) is 11.6 Å². The summed E-state index contributed by atoms with van der Waals surface area (Å²) < 4.78 is 6.70. The zero-order valence-corrected chi connectivity index (χ0v) is 14.6. The molecule has 0 atom stereocenters. The van der Waals surface area contributed by atoms with Gasteiger partial charge in [-0.05, 0) is 51.8 Å². The maximum atomic E-state index is 12.5. The third kappa shape index (κ3) is 4.37. The molecule has 0 bridgehead atoms. The third-order valence-electron chi connectivity index (χ3n) is 3.63. The van der Waals surface area contributed by atoms with Crippen LogP contribution in [-0.2, 0) is 4.74 Å². The van der Waals surface area contributed by atoms with Crippen LogP contribution in [0.25, 0.3) is 5.69 Å². The lowest BCUT2D eigenvalue weighted by atomic mass is 10.2. The number of ether oxygens (including phenoxy) is 1. The number of hydrazine groups is 1. The Morgan fingerprint density at radius 2 is 1.84 bits per heavy atom. The van der Waals surface area contributed by atoms with Crippen LogP contribution in [0.2, 0.25) is 0 Å². The minimum Gasteiger partial charge on any atom is -0.443 e. The first-order chi connectivity index (χ1) is 11.8. The fraction of sp³-hybridized carbons (Fsp3) is 0.389. The fourth-order valence-electron chi connectivity index (χ4n) is 2.38. The summed E-state index contributed by atoms with van der Waals surface area (Å²) in [6.07, 6.45) is 1.46. The maximum absolute atomic E-state index is 12.5. The predicted octanol–water partition coefficient (Wildman–Crippen LogP) is 2.92. The summed E-state index contributed by atoms with van der Waals surface area (Å²) in [6, 6.07) is 11.2. The Balaban J connectivity index is 1.76. The molecule has 7 nitrogen and oxygen atoms in total.